The normalized spacial score (nSPS) is 15.6. The molecular weight excluding hydrogens is 1190 g/mol. The molecule has 0 spiro atoms. The molecule has 9 atom stereocenters. The summed E-state index contributed by atoms with van der Waals surface area (Å²) in [7, 11) is 0. The number of H-pyrrole nitrogens is 3. The fourth-order valence-electron chi connectivity index (χ4n) is 10.6. The number of aromatic nitrogens is 5. The van der Waals surface area contributed by atoms with Gasteiger partial charge in [-0.1, -0.05) is 56.3 Å². The van der Waals surface area contributed by atoms with Crippen LogP contribution in [0.4, 0.5) is 0 Å². The number of aliphatic hydroxyl groups excluding tert-OH is 1. The Hall–Kier alpha value is -10.4. The number of imidazole rings is 2. The highest BCUT2D eigenvalue weighted by Crippen LogP contribution is 2.22. The summed E-state index contributed by atoms with van der Waals surface area (Å²) in [6.07, 6.45) is 3.36. The molecule has 1 aliphatic rings. The van der Waals surface area contributed by atoms with Gasteiger partial charge >= 0.3 is 11.9 Å². The number of carboxylic acid groups (broad SMARTS) is 2. The van der Waals surface area contributed by atoms with E-state index in [4.69, 9.17) is 17.2 Å². The van der Waals surface area contributed by atoms with Crippen LogP contribution >= 0.6 is 0 Å². The van der Waals surface area contributed by atoms with Crippen LogP contribution in [-0.2, 0) is 73.6 Å². The maximum Gasteiger partial charge on any atom is 0.326 e. The van der Waals surface area contributed by atoms with Gasteiger partial charge in [0.1, 0.15) is 59.9 Å². The molecular formula is C61H79N17O14. The third-order valence-electron chi connectivity index (χ3n) is 15.4. The van der Waals surface area contributed by atoms with Gasteiger partial charge in [0.05, 0.1) is 30.0 Å². The van der Waals surface area contributed by atoms with E-state index >= 15 is 0 Å². The van der Waals surface area contributed by atoms with Gasteiger partial charge in [0.25, 0.3) is 0 Å². The molecule has 20 N–H and O–H groups in total. The van der Waals surface area contributed by atoms with Gasteiger partial charge in [-0.3, -0.25) is 48.1 Å². The molecule has 31 nitrogen and oxygen atoms in total. The van der Waals surface area contributed by atoms with Crippen molar-refractivity contribution in [3.8, 4) is 5.75 Å². The molecule has 492 valence electrons. The molecule has 0 radical (unpaired) electrons. The Balaban J connectivity index is 1.16. The highest BCUT2D eigenvalue weighted by Gasteiger charge is 2.40. The average molecular weight is 1270 g/mol. The first kappa shape index (κ1) is 69.1. The largest absolute Gasteiger partial charge is 0.508 e. The summed E-state index contributed by atoms with van der Waals surface area (Å²) in [6.45, 7) is 2.70. The molecule has 3 aromatic heterocycles. The van der Waals surface area contributed by atoms with E-state index in [0.717, 1.165) is 0 Å². The van der Waals surface area contributed by atoms with Crippen molar-refractivity contribution in [2.75, 3.05) is 19.7 Å². The van der Waals surface area contributed by atoms with E-state index in [0.29, 0.717) is 45.2 Å². The number of aromatic amines is 3. The Kier molecular flexibility index (Phi) is 24.7. The monoisotopic (exact) mass is 1270 g/mol. The zero-order chi connectivity index (χ0) is 66.6. The lowest BCUT2D eigenvalue weighted by Crippen LogP contribution is -2.61. The standard InChI is InChI=1S/C61H79N17O14/c1-32(2)23-43(53(84)71-42(13-7-21-66-61(63)64)59(90)78-22-8-14-49(78)60(91)92)73-57(88)47(27-50-69-40-11-5-6-12-41(40)70-50)76-54(85)44(24-33-15-17-36(80)18-16-33)74-58(89)48(30-79)77-55(86)45(25-34-28-67-39-10-4-3-9-37(34)39)75-56(87)46(26-35-29-65-31-68-35)72-52(83)38(62)19-20-51(81)82/h3-6,9-12,15-18,28-29,31-32,38,42-49,67,79-80H,7-8,13-14,19-27,30,62H2,1-2H3,(H,65,68)(H,69,70)(H,71,84)(H,72,83)(H,73,88)(H,74,89)(H,75,87)(H,76,85)(H,77,86)(H,81,82)(H,91,92)(H4,63,64,66)/t38-,42-,43-,44-,45-,46-,47-,48-,49+/m0/s1. The number of para-hydroxylation sites is 3. The SMILES string of the molecule is CC(C)C[C@H](NC(=O)[C@H](Cc1nc2ccccc2[nH]1)NC(=O)[C@H](Cc1ccc(O)cc1)NC(=O)[C@H](CO)NC(=O)[C@H](Cc1c[nH]c2ccccc12)NC(=O)[C@H](Cc1cnc[nH]1)NC(=O)[C@@H](N)CCC(=O)O)C(=O)N[C@@H](CCCN=C(N)N)C(=O)N1CCC[C@@H]1C(=O)O. The molecule has 3 aromatic carbocycles. The van der Waals surface area contributed by atoms with Crippen molar-refractivity contribution >= 4 is 87.1 Å². The number of aliphatic carboxylic acids is 2. The van der Waals surface area contributed by atoms with Crippen LogP contribution in [0.15, 0.2) is 96.5 Å². The molecule has 8 amide bonds. The molecule has 31 heteroatoms. The molecule has 7 rings (SSSR count). The lowest BCUT2D eigenvalue weighted by atomic mass is 10.0. The number of fused-ring (bicyclic) bond motifs is 2. The maximum atomic E-state index is 15.0. The molecule has 1 fully saturated rings. The van der Waals surface area contributed by atoms with Crippen molar-refractivity contribution in [1.82, 2.24) is 67.0 Å². The number of amides is 8. The molecule has 92 heavy (non-hydrogen) atoms. The third-order valence-corrected chi connectivity index (χ3v) is 15.4. The van der Waals surface area contributed by atoms with Crippen molar-refractivity contribution in [3.63, 3.8) is 0 Å². The minimum Gasteiger partial charge on any atom is -0.508 e. The lowest BCUT2D eigenvalue weighted by Gasteiger charge is -2.30. The first-order chi connectivity index (χ1) is 44.0. The van der Waals surface area contributed by atoms with Gasteiger partial charge in [0.2, 0.25) is 47.3 Å². The third kappa shape index (κ3) is 19.8. The van der Waals surface area contributed by atoms with E-state index in [9.17, 15) is 68.4 Å². The summed E-state index contributed by atoms with van der Waals surface area (Å²) < 4.78 is 0. The first-order valence-electron chi connectivity index (χ1n) is 30.0. The van der Waals surface area contributed by atoms with E-state index in [1.54, 1.807) is 68.6 Å². The number of benzene rings is 3. The van der Waals surface area contributed by atoms with Gasteiger partial charge in [-0.15, -0.1) is 0 Å². The molecule has 0 bridgehead atoms. The van der Waals surface area contributed by atoms with Crippen LogP contribution in [0.2, 0.25) is 0 Å². The van der Waals surface area contributed by atoms with Crippen molar-refractivity contribution in [2.24, 2.45) is 28.1 Å². The fraction of sp³-hybridized carbons (Fsp3) is 0.426. The van der Waals surface area contributed by atoms with E-state index in [2.05, 4.69) is 67.1 Å². The minimum atomic E-state index is -1.83. The highest BCUT2D eigenvalue weighted by molar-refractivity contribution is 5.99. The van der Waals surface area contributed by atoms with Gasteiger partial charge < -0.3 is 94.7 Å². The summed E-state index contributed by atoms with van der Waals surface area (Å²) in [6, 6.07) is 6.51. The predicted octanol–water partition coefficient (Wildman–Crippen LogP) is -1.50. The Morgan fingerprint density at radius 3 is 1.87 bits per heavy atom. The number of nitrogens with two attached hydrogens (primary N) is 3. The van der Waals surface area contributed by atoms with Gasteiger partial charge in [-0.2, -0.15) is 0 Å². The number of guanidine groups is 1. The quantitative estimate of drug-likeness (QED) is 0.0124. The van der Waals surface area contributed by atoms with Crippen LogP contribution in [0.5, 0.6) is 5.75 Å². The number of phenols is 1. The number of carbonyl (C=O) groups excluding carboxylic acids is 8. The number of carbonyl (C=O) groups is 10. The maximum absolute atomic E-state index is 15.0. The summed E-state index contributed by atoms with van der Waals surface area (Å²) in [5.74, 6) is -10.1. The molecule has 1 saturated heterocycles. The van der Waals surface area contributed by atoms with Gasteiger partial charge in [0.15, 0.2) is 5.96 Å². The zero-order valence-corrected chi connectivity index (χ0v) is 50.7. The van der Waals surface area contributed by atoms with Crippen LogP contribution < -0.4 is 54.4 Å². The van der Waals surface area contributed by atoms with Crippen LogP contribution in [0.25, 0.3) is 21.9 Å². The Bertz CT molecular complexity index is 3550. The Morgan fingerprint density at radius 2 is 1.25 bits per heavy atom. The Labute approximate surface area is 527 Å². The van der Waals surface area contributed by atoms with Crippen molar-refractivity contribution in [3.05, 3.63) is 114 Å². The first-order valence-corrected chi connectivity index (χ1v) is 30.0. The molecule has 6 aromatic rings. The number of aromatic hydroxyl groups is 1. The fourth-order valence-corrected chi connectivity index (χ4v) is 10.6. The van der Waals surface area contributed by atoms with E-state index in [-0.39, 0.29) is 94.3 Å². The number of rotatable bonds is 34. The van der Waals surface area contributed by atoms with Crippen LogP contribution in [0.1, 0.15) is 81.4 Å². The number of carboxylic acids is 2. The number of hydrogen-bond acceptors (Lipinski definition) is 16. The van der Waals surface area contributed by atoms with E-state index < -0.39 is 127 Å². The highest BCUT2D eigenvalue weighted by atomic mass is 16.4. The van der Waals surface area contributed by atoms with Crippen LogP contribution in [-0.4, -0.2) is 189 Å². The summed E-state index contributed by atoms with van der Waals surface area (Å²) >= 11 is 0. The number of aliphatic hydroxyl groups is 1. The molecule has 0 unspecified atom stereocenters. The van der Waals surface area contributed by atoms with Crippen molar-refractivity contribution in [1.29, 1.82) is 0 Å². The number of phenolic OH excluding ortho intramolecular Hbond substituents is 1. The number of hydrogen-bond donors (Lipinski definition) is 17. The molecule has 0 aliphatic carbocycles. The van der Waals surface area contributed by atoms with Crippen molar-refractivity contribution in [2.45, 2.75) is 139 Å². The van der Waals surface area contributed by atoms with Crippen LogP contribution in [0, 0.1) is 5.92 Å². The van der Waals surface area contributed by atoms with E-state index in [1.807, 2.05) is 0 Å². The van der Waals surface area contributed by atoms with Gasteiger partial charge in [-0.25, -0.2) is 14.8 Å². The molecule has 4 heterocycles. The number of nitrogens with zero attached hydrogens (tertiary/aromatic N) is 4. The summed E-state index contributed by atoms with van der Waals surface area (Å²) in [4.78, 5) is 162. The van der Waals surface area contributed by atoms with Gasteiger partial charge in [0, 0.05) is 74.2 Å². The molecule has 1 aliphatic heterocycles. The summed E-state index contributed by atoms with van der Waals surface area (Å²) in [5.41, 5.74) is 20.1. The predicted molar refractivity (Wildman–Crippen MR) is 333 cm³/mol. The topological polar surface area (TPSA) is 503 Å². The lowest BCUT2D eigenvalue weighted by molar-refractivity contribution is -0.149. The van der Waals surface area contributed by atoms with Crippen molar-refractivity contribution < 1.29 is 68.4 Å². The average Bonchev–Trinajstić information content (AvgIpc) is 1.62. The second-order valence-corrected chi connectivity index (χ2v) is 22.9. The van der Waals surface area contributed by atoms with Gasteiger partial charge in [-0.05, 0) is 85.9 Å². The number of nitrogens with one attached hydrogen (secondary N) is 10. The number of aliphatic imine (C=N–C) groups is 1. The second-order valence-electron chi connectivity index (χ2n) is 22.9. The minimum absolute atomic E-state index is 0.00654. The van der Waals surface area contributed by atoms with Crippen LogP contribution in [0.3, 0.4) is 0 Å². The zero-order valence-electron chi connectivity index (χ0n) is 50.7. The molecule has 0 saturated carbocycles. The van der Waals surface area contributed by atoms with E-state index in [1.165, 1.54) is 41.7 Å². The number of likely N-dealkylation sites (tertiary alicyclic amines) is 1. The second kappa shape index (κ2) is 32.9. The summed E-state index contributed by atoms with van der Waals surface area (Å²) in [5, 5.41) is 59.3. The smallest absolute Gasteiger partial charge is 0.326 e. The Morgan fingerprint density at radius 1 is 0.674 bits per heavy atom.